The Balaban J connectivity index is 1.69. The summed E-state index contributed by atoms with van der Waals surface area (Å²) < 4.78 is 0. The van der Waals surface area contributed by atoms with Crippen LogP contribution in [0.2, 0.25) is 0 Å². The van der Waals surface area contributed by atoms with E-state index >= 15 is 0 Å². The summed E-state index contributed by atoms with van der Waals surface area (Å²) in [5.74, 6) is 4.04. The number of rotatable bonds is 11. The first kappa shape index (κ1) is 28.2. The van der Waals surface area contributed by atoms with Crippen LogP contribution in [0.5, 0.6) is 0 Å². The smallest absolute Gasteiger partial charge is 0.0774 e. The number of fused-ring (bicyclic) bond motifs is 1. The quantitative estimate of drug-likeness (QED) is 0.275. The lowest BCUT2D eigenvalue weighted by atomic mass is 9.57. The van der Waals surface area contributed by atoms with Gasteiger partial charge in [-0.25, -0.2) is 0 Å². The lowest BCUT2D eigenvalue weighted by molar-refractivity contribution is 0.00133. The maximum atomic E-state index is 10.7. The van der Waals surface area contributed by atoms with Crippen molar-refractivity contribution in [3.05, 3.63) is 11.1 Å². The van der Waals surface area contributed by atoms with Crippen LogP contribution in [0.1, 0.15) is 125 Å². The molecule has 0 saturated heterocycles. The van der Waals surface area contributed by atoms with Crippen LogP contribution < -0.4 is 0 Å². The molecule has 3 aliphatic rings. The molecule has 2 fully saturated rings. The van der Waals surface area contributed by atoms with E-state index in [9.17, 15) is 15.3 Å². The molecule has 0 heterocycles. The van der Waals surface area contributed by atoms with Gasteiger partial charge in [-0.15, -0.1) is 0 Å². The number of unbranched alkanes of at least 4 members (excludes halogenated alkanes) is 1. The molecule has 34 heavy (non-hydrogen) atoms. The van der Waals surface area contributed by atoms with E-state index in [0.717, 1.165) is 42.6 Å². The normalized spacial score (nSPS) is 37.1. The minimum atomic E-state index is -0.451. The fourth-order valence-electron chi connectivity index (χ4n) is 8.42. The third-order valence-electron chi connectivity index (χ3n) is 10.8. The number of hydrogen-bond acceptors (Lipinski definition) is 3. The molecule has 0 aromatic heterocycles. The van der Waals surface area contributed by atoms with E-state index in [1.54, 1.807) is 0 Å². The van der Waals surface area contributed by atoms with Crippen molar-refractivity contribution in [2.45, 2.75) is 143 Å². The van der Waals surface area contributed by atoms with Gasteiger partial charge < -0.3 is 15.3 Å². The van der Waals surface area contributed by atoms with Gasteiger partial charge in [-0.2, -0.15) is 0 Å². The molecule has 0 bridgehead atoms. The van der Waals surface area contributed by atoms with Gasteiger partial charge in [0.15, 0.2) is 0 Å². The zero-order valence-electron chi connectivity index (χ0n) is 23.2. The average molecular weight is 477 g/mol. The minimum Gasteiger partial charge on any atom is -0.393 e. The zero-order chi connectivity index (χ0) is 25.0. The van der Waals surface area contributed by atoms with Crippen molar-refractivity contribution in [1.29, 1.82) is 0 Å². The standard InChI is InChI=1S/C31H56O3/c1-7-8-10-24(18-29(33)20(2)3)21(4)27-14-15-28-23(11-9-16-31(27,28)6)12-13-25-17-26(32)19-30(34)22(25)5/h20-21,23-24,26-30,32-34H,7-19H2,1-6H3/t21-,23?,24+,26-,27-,28+,29-,30+,31-/m1/s1. The highest BCUT2D eigenvalue weighted by atomic mass is 16.3. The Labute approximate surface area is 210 Å². The molecule has 198 valence electrons. The Morgan fingerprint density at radius 2 is 1.82 bits per heavy atom. The third-order valence-corrected chi connectivity index (χ3v) is 10.8. The fraction of sp³-hybridized carbons (Fsp3) is 0.935. The monoisotopic (exact) mass is 476 g/mol. The van der Waals surface area contributed by atoms with Gasteiger partial charge in [0.1, 0.15) is 0 Å². The van der Waals surface area contributed by atoms with E-state index in [1.165, 1.54) is 63.4 Å². The van der Waals surface area contributed by atoms with Crippen LogP contribution >= 0.6 is 0 Å². The van der Waals surface area contributed by atoms with Gasteiger partial charge in [0.2, 0.25) is 0 Å². The lowest BCUT2D eigenvalue weighted by Gasteiger charge is -2.48. The second-order valence-electron chi connectivity index (χ2n) is 13.2. The van der Waals surface area contributed by atoms with Crippen molar-refractivity contribution in [1.82, 2.24) is 0 Å². The summed E-state index contributed by atoms with van der Waals surface area (Å²) in [5, 5.41) is 31.2. The second kappa shape index (κ2) is 12.2. The van der Waals surface area contributed by atoms with E-state index in [2.05, 4.69) is 41.5 Å². The Bertz CT molecular complexity index is 670. The Morgan fingerprint density at radius 3 is 2.50 bits per heavy atom. The summed E-state index contributed by atoms with van der Waals surface area (Å²) in [6, 6.07) is 0. The molecule has 3 rings (SSSR count). The van der Waals surface area contributed by atoms with Crippen molar-refractivity contribution >= 4 is 0 Å². The van der Waals surface area contributed by atoms with E-state index < -0.39 is 6.10 Å². The summed E-state index contributed by atoms with van der Waals surface area (Å²) in [5.41, 5.74) is 2.89. The van der Waals surface area contributed by atoms with E-state index in [4.69, 9.17) is 0 Å². The second-order valence-corrected chi connectivity index (χ2v) is 13.2. The first-order chi connectivity index (χ1) is 16.1. The van der Waals surface area contributed by atoms with Crippen LogP contribution in [0.25, 0.3) is 0 Å². The molecular formula is C31H56O3. The fourth-order valence-corrected chi connectivity index (χ4v) is 8.42. The maximum absolute atomic E-state index is 10.7. The van der Waals surface area contributed by atoms with Gasteiger partial charge in [0.05, 0.1) is 18.3 Å². The SMILES string of the molecule is CCCC[C@@H](C[C@@H](O)C(C)C)[C@@H](C)[C@H]1CC[C@H]2C(CCC3=C(C)[C@@H](O)C[C@H](O)C3)CCC[C@]12C. The molecule has 0 spiro atoms. The molecule has 2 saturated carbocycles. The lowest BCUT2D eigenvalue weighted by Crippen LogP contribution is -2.41. The topological polar surface area (TPSA) is 60.7 Å². The molecule has 3 heteroatoms. The molecular weight excluding hydrogens is 420 g/mol. The molecule has 3 nitrogen and oxygen atoms in total. The minimum absolute atomic E-state index is 0.175. The molecule has 0 radical (unpaired) electrons. The summed E-state index contributed by atoms with van der Waals surface area (Å²) in [7, 11) is 0. The summed E-state index contributed by atoms with van der Waals surface area (Å²) in [6.07, 6.45) is 14.1. The highest BCUT2D eigenvalue weighted by Gasteiger charge is 2.53. The first-order valence-corrected chi connectivity index (χ1v) is 14.8. The highest BCUT2D eigenvalue weighted by Crippen LogP contribution is 2.61. The molecule has 0 aromatic carbocycles. The highest BCUT2D eigenvalue weighted by molar-refractivity contribution is 5.21. The van der Waals surface area contributed by atoms with Crippen LogP contribution in [0.4, 0.5) is 0 Å². The van der Waals surface area contributed by atoms with Crippen molar-refractivity contribution < 1.29 is 15.3 Å². The van der Waals surface area contributed by atoms with Gasteiger partial charge in [-0.1, -0.05) is 72.3 Å². The summed E-state index contributed by atoms with van der Waals surface area (Å²) in [6.45, 7) is 13.8. The zero-order valence-corrected chi connectivity index (χ0v) is 23.2. The van der Waals surface area contributed by atoms with Crippen molar-refractivity contribution in [3.8, 4) is 0 Å². The largest absolute Gasteiger partial charge is 0.393 e. The predicted octanol–water partition coefficient (Wildman–Crippen LogP) is 7.28. The van der Waals surface area contributed by atoms with E-state index in [1.807, 2.05) is 0 Å². The Kier molecular flexibility index (Phi) is 10.2. The molecule has 1 unspecified atom stereocenters. The van der Waals surface area contributed by atoms with Gasteiger partial charge in [-0.3, -0.25) is 0 Å². The van der Waals surface area contributed by atoms with Crippen LogP contribution in [0.15, 0.2) is 11.1 Å². The summed E-state index contributed by atoms with van der Waals surface area (Å²) >= 11 is 0. The van der Waals surface area contributed by atoms with Gasteiger partial charge in [0, 0.05) is 6.42 Å². The van der Waals surface area contributed by atoms with Crippen molar-refractivity contribution in [2.75, 3.05) is 0 Å². The average Bonchev–Trinajstić information content (AvgIpc) is 3.14. The van der Waals surface area contributed by atoms with Crippen LogP contribution in [0, 0.1) is 40.9 Å². The third kappa shape index (κ3) is 6.30. The molecule has 3 aliphatic carbocycles. The van der Waals surface area contributed by atoms with Gasteiger partial charge in [0.25, 0.3) is 0 Å². The van der Waals surface area contributed by atoms with Crippen LogP contribution in [-0.2, 0) is 0 Å². The van der Waals surface area contributed by atoms with E-state index in [0.29, 0.717) is 29.6 Å². The Morgan fingerprint density at radius 1 is 1.09 bits per heavy atom. The van der Waals surface area contributed by atoms with Gasteiger partial charge >= 0.3 is 0 Å². The number of aliphatic hydroxyl groups excluding tert-OH is 3. The molecule has 0 aliphatic heterocycles. The van der Waals surface area contributed by atoms with Crippen LogP contribution in [0.3, 0.4) is 0 Å². The van der Waals surface area contributed by atoms with Crippen molar-refractivity contribution in [3.63, 3.8) is 0 Å². The number of hydrogen-bond donors (Lipinski definition) is 3. The number of aliphatic hydroxyl groups is 3. The summed E-state index contributed by atoms with van der Waals surface area (Å²) in [4.78, 5) is 0. The maximum Gasteiger partial charge on any atom is 0.0774 e. The molecule has 3 N–H and O–H groups in total. The van der Waals surface area contributed by atoms with Crippen molar-refractivity contribution in [2.24, 2.45) is 40.9 Å². The van der Waals surface area contributed by atoms with Gasteiger partial charge in [-0.05, 0) is 98.4 Å². The molecule has 0 amide bonds. The van der Waals surface area contributed by atoms with E-state index in [-0.39, 0.29) is 12.2 Å². The molecule has 9 atom stereocenters. The predicted molar refractivity (Wildman–Crippen MR) is 142 cm³/mol. The Hall–Kier alpha value is -0.380. The molecule has 0 aromatic rings. The van der Waals surface area contributed by atoms with Crippen LogP contribution in [-0.4, -0.2) is 33.6 Å². The first-order valence-electron chi connectivity index (χ1n) is 14.8.